The van der Waals surface area contributed by atoms with Crippen LogP contribution in [0, 0.1) is 6.92 Å². The van der Waals surface area contributed by atoms with E-state index in [9.17, 15) is 14.7 Å². The summed E-state index contributed by atoms with van der Waals surface area (Å²) in [5.41, 5.74) is 2.67. The van der Waals surface area contributed by atoms with Gasteiger partial charge in [-0.1, -0.05) is 42.0 Å². The summed E-state index contributed by atoms with van der Waals surface area (Å²) in [5.74, 6) is -0.713. The van der Waals surface area contributed by atoms with E-state index in [1.165, 1.54) is 13.3 Å². The lowest BCUT2D eigenvalue weighted by Gasteiger charge is -2.24. The fraction of sp³-hybridized carbons (Fsp3) is 0.136. The van der Waals surface area contributed by atoms with Crippen molar-refractivity contribution in [3.8, 4) is 5.75 Å². The zero-order chi connectivity index (χ0) is 21.3. The molecule has 30 heavy (non-hydrogen) atoms. The first-order valence-electron chi connectivity index (χ1n) is 9.28. The molecular formula is C22H20N4O4. The molecule has 1 amide bonds. The third-order valence-electron chi connectivity index (χ3n) is 4.89. The van der Waals surface area contributed by atoms with Crippen LogP contribution in [0.2, 0.25) is 0 Å². The number of benzene rings is 2. The number of aromatic nitrogens is 2. The van der Waals surface area contributed by atoms with Gasteiger partial charge in [-0.3, -0.25) is 4.79 Å². The monoisotopic (exact) mass is 404 g/mol. The Hall–Kier alpha value is -4.07. The van der Waals surface area contributed by atoms with E-state index in [0.29, 0.717) is 17.3 Å². The highest BCUT2D eigenvalue weighted by atomic mass is 16.5. The number of aliphatic carboxylic acids is 1. The Morgan fingerprint density at radius 1 is 1.17 bits per heavy atom. The van der Waals surface area contributed by atoms with Gasteiger partial charge in [0, 0.05) is 0 Å². The Kier molecular flexibility index (Phi) is 4.97. The van der Waals surface area contributed by atoms with Crippen molar-refractivity contribution in [1.29, 1.82) is 0 Å². The molecule has 8 heteroatoms. The molecule has 0 aliphatic carbocycles. The van der Waals surface area contributed by atoms with Crippen LogP contribution in [-0.2, 0) is 4.79 Å². The molecule has 1 atom stereocenters. The molecule has 4 rings (SSSR count). The smallest absolute Gasteiger partial charge is 0.352 e. The molecule has 3 N–H and O–H groups in total. The molecule has 2 heterocycles. The summed E-state index contributed by atoms with van der Waals surface area (Å²) in [4.78, 5) is 24.6. The highest BCUT2D eigenvalue weighted by Gasteiger charge is 2.29. The molecular weight excluding hydrogens is 384 g/mol. The van der Waals surface area contributed by atoms with Crippen LogP contribution in [0.25, 0.3) is 0 Å². The van der Waals surface area contributed by atoms with Crippen molar-refractivity contribution in [2.24, 2.45) is 0 Å². The third kappa shape index (κ3) is 3.50. The van der Waals surface area contributed by atoms with Crippen molar-refractivity contribution < 1.29 is 19.4 Å². The lowest BCUT2D eigenvalue weighted by molar-refractivity contribution is -0.132. The normalized spacial score (nSPS) is 14.9. The van der Waals surface area contributed by atoms with E-state index in [2.05, 4.69) is 15.7 Å². The van der Waals surface area contributed by atoms with Gasteiger partial charge in [-0.25, -0.2) is 9.48 Å². The quantitative estimate of drug-likeness (QED) is 0.602. The second-order valence-corrected chi connectivity index (χ2v) is 6.87. The summed E-state index contributed by atoms with van der Waals surface area (Å²) in [7, 11) is 1.52. The number of fused-ring (bicyclic) bond motifs is 1. The van der Waals surface area contributed by atoms with Crippen LogP contribution in [-0.4, -0.2) is 33.9 Å². The van der Waals surface area contributed by atoms with Gasteiger partial charge in [0.2, 0.25) is 0 Å². The number of hydrogen-bond donors (Lipinski definition) is 3. The van der Waals surface area contributed by atoms with Crippen molar-refractivity contribution in [2.75, 3.05) is 17.7 Å². The zero-order valence-corrected chi connectivity index (χ0v) is 16.4. The Morgan fingerprint density at radius 2 is 1.90 bits per heavy atom. The fourth-order valence-electron chi connectivity index (χ4n) is 3.32. The first kappa shape index (κ1) is 19.3. The lowest BCUT2D eigenvalue weighted by Crippen LogP contribution is -2.25. The average molecular weight is 404 g/mol. The van der Waals surface area contributed by atoms with Gasteiger partial charge in [-0.2, -0.15) is 5.10 Å². The number of aryl methyl sites for hydroxylation is 1. The van der Waals surface area contributed by atoms with Gasteiger partial charge < -0.3 is 20.5 Å². The van der Waals surface area contributed by atoms with Gasteiger partial charge in [-0.15, -0.1) is 0 Å². The number of hydrogen-bond acceptors (Lipinski definition) is 5. The molecule has 8 nitrogen and oxygen atoms in total. The molecule has 0 radical (unpaired) electrons. The number of carboxylic acids is 1. The minimum atomic E-state index is -1.12. The Labute approximate surface area is 172 Å². The number of carbonyl (C=O) groups excluding carboxylic acids is 1. The standard InChI is InChI=1S/C22H20N4O4/c1-13-7-9-14(10-8-13)18-11-17(22(28)29)24-20-15(12-23-26(18)20)21(27)25-16-5-3-4-6-19(16)30-2/h3-12,18,24H,1-2H3,(H,25,27)(H,28,29)/t18-/m0/s1. The van der Waals surface area contributed by atoms with Crippen LogP contribution in [0.15, 0.2) is 66.5 Å². The fourth-order valence-corrected chi connectivity index (χ4v) is 3.32. The van der Waals surface area contributed by atoms with E-state index >= 15 is 0 Å². The number of nitrogens with zero attached hydrogens (tertiary/aromatic N) is 2. The summed E-state index contributed by atoms with van der Waals surface area (Å²) in [6, 6.07) is 14.3. The average Bonchev–Trinajstić information content (AvgIpc) is 3.18. The van der Waals surface area contributed by atoms with Crippen molar-refractivity contribution in [2.45, 2.75) is 13.0 Å². The molecule has 0 spiro atoms. The summed E-state index contributed by atoms with van der Waals surface area (Å²) in [6.45, 7) is 1.98. The number of nitrogens with one attached hydrogen (secondary N) is 2. The predicted octanol–water partition coefficient (Wildman–Crippen LogP) is 3.44. The van der Waals surface area contributed by atoms with Crippen molar-refractivity contribution in [3.05, 3.63) is 83.2 Å². The highest BCUT2D eigenvalue weighted by molar-refractivity contribution is 6.09. The van der Waals surface area contributed by atoms with Crippen LogP contribution in [0.5, 0.6) is 5.75 Å². The van der Waals surface area contributed by atoms with E-state index in [0.717, 1.165) is 11.1 Å². The van der Waals surface area contributed by atoms with Gasteiger partial charge >= 0.3 is 5.97 Å². The van der Waals surface area contributed by atoms with E-state index in [4.69, 9.17) is 4.74 Å². The molecule has 0 saturated carbocycles. The summed E-state index contributed by atoms with van der Waals surface area (Å²) >= 11 is 0. The molecule has 2 aromatic carbocycles. The maximum Gasteiger partial charge on any atom is 0.352 e. The van der Waals surface area contributed by atoms with Gasteiger partial charge in [0.05, 0.1) is 25.0 Å². The van der Waals surface area contributed by atoms with Gasteiger partial charge in [0.25, 0.3) is 5.91 Å². The lowest BCUT2D eigenvalue weighted by atomic mass is 10.0. The minimum Gasteiger partial charge on any atom is -0.495 e. The first-order chi connectivity index (χ1) is 14.5. The van der Waals surface area contributed by atoms with Crippen LogP contribution in [0.4, 0.5) is 11.5 Å². The molecule has 0 fully saturated rings. The number of amides is 1. The second-order valence-electron chi connectivity index (χ2n) is 6.87. The first-order valence-corrected chi connectivity index (χ1v) is 9.28. The minimum absolute atomic E-state index is 0.0140. The summed E-state index contributed by atoms with van der Waals surface area (Å²) in [5, 5.41) is 19.5. The molecule has 1 aromatic heterocycles. The second kappa shape index (κ2) is 7.75. The number of rotatable bonds is 5. The number of methoxy groups -OCH3 is 1. The molecule has 152 valence electrons. The molecule has 1 aliphatic heterocycles. The maximum atomic E-state index is 13.0. The third-order valence-corrected chi connectivity index (χ3v) is 4.89. The topological polar surface area (TPSA) is 105 Å². The highest BCUT2D eigenvalue weighted by Crippen LogP contribution is 2.33. The van der Waals surface area contributed by atoms with Gasteiger partial charge in [0.1, 0.15) is 22.8 Å². The molecule has 1 aliphatic rings. The number of carboxylic acid groups (broad SMARTS) is 1. The Balaban J connectivity index is 1.72. The van der Waals surface area contributed by atoms with E-state index in [1.807, 2.05) is 31.2 Å². The van der Waals surface area contributed by atoms with E-state index in [-0.39, 0.29) is 11.3 Å². The molecule has 3 aromatic rings. The molecule has 0 unspecified atom stereocenters. The zero-order valence-electron chi connectivity index (χ0n) is 16.4. The number of anilines is 2. The maximum absolute atomic E-state index is 13.0. The van der Waals surface area contributed by atoms with E-state index < -0.39 is 17.9 Å². The summed E-state index contributed by atoms with van der Waals surface area (Å²) in [6.07, 6.45) is 3.00. The Morgan fingerprint density at radius 3 is 2.60 bits per heavy atom. The van der Waals surface area contributed by atoms with Crippen LogP contribution < -0.4 is 15.4 Å². The SMILES string of the molecule is COc1ccccc1NC(=O)c1cnn2c1NC(C(=O)O)=C[C@H]2c1ccc(C)cc1. The van der Waals surface area contributed by atoms with Crippen molar-refractivity contribution in [3.63, 3.8) is 0 Å². The number of para-hydroxylation sites is 2. The largest absolute Gasteiger partial charge is 0.495 e. The number of ether oxygens (including phenoxy) is 1. The number of allylic oxidation sites excluding steroid dienone is 1. The summed E-state index contributed by atoms with van der Waals surface area (Å²) < 4.78 is 6.88. The Bertz CT molecular complexity index is 1150. The van der Waals surface area contributed by atoms with Crippen LogP contribution in [0.1, 0.15) is 27.5 Å². The van der Waals surface area contributed by atoms with Gasteiger partial charge in [0.15, 0.2) is 0 Å². The number of carbonyl (C=O) groups is 2. The molecule has 0 saturated heterocycles. The van der Waals surface area contributed by atoms with Crippen molar-refractivity contribution >= 4 is 23.4 Å². The van der Waals surface area contributed by atoms with E-state index in [1.54, 1.807) is 35.0 Å². The molecule has 0 bridgehead atoms. The van der Waals surface area contributed by atoms with Crippen molar-refractivity contribution in [1.82, 2.24) is 9.78 Å². The van der Waals surface area contributed by atoms with Crippen LogP contribution >= 0.6 is 0 Å². The van der Waals surface area contributed by atoms with Gasteiger partial charge in [-0.05, 0) is 30.7 Å². The van der Waals surface area contributed by atoms with Crippen LogP contribution in [0.3, 0.4) is 0 Å². The predicted molar refractivity (Wildman–Crippen MR) is 112 cm³/mol.